The molecule has 0 atom stereocenters. The molecule has 0 aliphatic rings. The Balaban J connectivity index is 1.68. The molecular formula is C20H16F3N. The number of halogens is 3. The zero-order valence-electron chi connectivity index (χ0n) is 12.9. The molecule has 4 heteroatoms. The van der Waals surface area contributed by atoms with E-state index >= 15 is 0 Å². The molecule has 1 nitrogen and oxygen atoms in total. The first-order valence-corrected chi connectivity index (χ1v) is 7.69. The molecular weight excluding hydrogens is 311 g/mol. The summed E-state index contributed by atoms with van der Waals surface area (Å²) in [5.41, 5.74) is 3.28. The van der Waals surface area contributed by atoms with Crippen molar-refractivity contribution in [1.29, 1.82) is 0 Å². The van der Waals surface area contributed by atoms with Crippen LogP contribution in [0.15, 0.2) is 72.9 Å². The van der Waals surface area contributed by atoms with Gasteiger partial charge in [0.15, 0.2) is 0 Å². The lowest BCUT2D eigenvalue weighted by atomic mass is 10.0. The van der Waals surface area contributed by atoms with Crippen LogP contribution in [0.2, 0.25) is 0 Å². The average molecular weight is 327 g/mol. The number of aryl methyl sites for hydroxylation is 2. The first kappa shape index (κ1) is 16.2. The minimum Gasteiger partial charge on any atom is -0.261 e. The monoisotopic (exact) mass is 327 g/mol. The highest BCUT2D eigenvalue weighted by atomic mass is 19.4. The standard InChI is InChI=1S/C20H16F3N/c21-20(22,23)18-11-9-17(10-12-18)16-7-4-15(5-8-16)6-13-19-3-1-2-14-24-19/h1-5,7-12,14H,6,13H2. The summed E-state index contributed by atoms with van der Waals surface area (Å²) in [5.74, 6) is 0. The van der Waals surface area contributed by atoms with E-state index in [4.69, 9.17) is 0 Å². The first-order chi connectivity index (χ1) is 11.5. The maximum Gasteiger partial charge on any atom is 0.416 e. The van der Waals surface area contributed by atoms with E-state index in [1.54, 1.807) is 6.20 Å². The van der Waals surface area contributed by atoms with Crippen LogP contribution in [0.4, 0.5) is 13.2 Å². The maximum absolute atomic E-state index is 12.6. The van der Waals surface area contributed by atoms with Crippen molar-refractivity contribution < 1.29 is 13.2 Å². The Bertz CT molecular complexity index is 776. The molecule has 3 aromatic rings. The van der Waals surface area contributed by atoms with E-state index in [9.17, 15) is 13.2 Å². The predicted molar refractivity (Wildman–Crippen MR) is 88.5 cm³/mol. The molecule has 0 fully saturated rings. The Morgan fingerprint density at radius 2 is 1.33 bits per heavy atom. The third kappa shape index (κ3) is 4.02. The van der Waals surface area contributed by atoms with Crippen molar-refractivity contribution in [2.24, 2.45) is 0 Å². The summed E-state index contributed by atoms with van der Waals surface area (Å²) in [6, 6.07) is 19.0. The number of nitrogens with zero attached hydrogens (tertiary/aromatic N) is 1. The molecule has 0 aliphatic heterocycles. The van der Waals surface area contributed by atoms with Gasteiger partial charge < -0.3 is 0 Å². The lowest BCUT2D eigenvalue weighted by Crippen LogP contribution is -2.03. The van der Waals surface area contributed by atoms with Gasteiger partial charge in [0.25, 0.3) is 0 Å². The molecule has 0 aliphatic carbocycles. The van der Waals surface area contributed by atoms with Crippen molar-refractivity contribution in [3.05, 3.63) is 89.7 Å². The van der Waals surface area contributed by atoms with E-state index in [0.717, 1.165) is 41.8 Å². The zero-order valence-corrected chi connectivity index (χ0v) is 12.9. The van der Waals surface area contributed by atoms with E-state index in [1.165, 1.54) is 17.7 Å². The van der Waals surface area contributed by atoms with Crippen LogP contribution in [0.3, 0.4) is 0 Å². The molecule has 3 rings (SSSR count). The maximum atomic E-state index is 12.6. The quantitative estimate of drug-likeness (QED) is 0.612. The molecule has 122 valence electrons. The largest absolute Gasteiger partial charge is 0.416 e. The fourth-order valence-electron chi connectivity index (χ4n) is 2.53. The van der Waals surface area contributed by atoms with Crippen LogP contribution in [0.5, 0.6) is 0 Å². The third-order valence-corrected chi connectivity index (χ3v) is 3.90. The van der Waals surface area contributed by atoms with Gasteiger partial charge in [-0.2, -0.15) is 13.2 Å². The van der Waals surface area contributed by atoms with Crippen LogP contribution >= 0.6 is 0 Å². The highest BCUT2D eigenvalue weighted by Gasteiger charge is 2.29. The number of hydrogen-bond acceptors (Lipinski definition) is 1. The lowest BCUT2D eigenvalue weighted by Gasteiger charge is -2.08. The van der Waals surface area contributed by atoms with Crippen molar-refractivity contribution in [3.63, 3.8) is 0 Å². The van der Waals surface area contributed by atoms with Crippen LogP contribution in [-0.4, -0.2) is 4.98 Å². The second-order valence-electron chi connectivity index (χ2n) is 5.59. The van der Waals surface area contributed by atoms with Crippen molar-refractivity contribution >= 4 is 0 Å². The molecule has 1 aromatic heterocycles. The van der Waals surface area contributed by atoms with E-state index in [0.29, 0.717) is 0 Å². The zero-order chi connectivity index (χ0) is 17.0. The van der Waals surface area contributed by atoms with Gasteiger partial charge in [0.05, 0.1) is 5.56 Å². The molecule has 24 heavy (non-hydrogen) atoms. The minimum absolute atomic E-state index is 0.627. The van der Waals surface area contributed by atoms with Crippen LogP contribution < -0.4 is 0 Å². The van der Waals surface area contributed by atoms with E-state index in [-0.39, 0.29) is 0 Å². The summed E-state index contributed by atoms with van der Waals surface area (Å²) < 4.78 is 37.8. The van der Waals surface area contributed by atoms with Crippen LogP contribution in [0.25, 0.3) is 11.1 Å². The minimum atomic E-state index is -4.30. The molecule has 1 heterocycles. The fraction of sp³-hybridized carbons (Fsp3) is 0.150. The molecule has 0 saturated heterocycles. The lowest BCUT2D eigenvalue weighted by molar-refractivity contribution is -0.137. The molecule has 0 N–H and O–H groups in total. The summed E-state index contributed by atoms with van der Waals surface area (Å²) in [6.45, 7) is 0. The van der Waals surface area contributed by atoms with Crippen molar-refractivity contribution in [2.45, 2.75) is 19.0 Å². The van der Waals surface area contributed by atoms with Crippen LogP contribution in [-0.2, 0) is 19.0 Å². The molecule has 0 saturated carbocycles. The van der Waals surface area contributed by atoms with Gasteiger partial charge in [-0.15, -0.1) is 0 Å². The van der Waals surface area contributed by atoms with E-state index in [1.807, 2.05) is 42.5 Å². The summed E-state index contributed by atoms with van der Waals surface area (Å²) >= 11 is 0. The number of benzene rings is 2. The number of hydrogen-bond donors (Lipinski definition) is 0. The smallest absolute Gasteiger partial charge is 0.261 e. The molecule has 0 bridgehead atoms. The van der Waals surface area contributed by atoms with Gasteiger partial charge in [0.2, 0.25) is 0 Å². The van der Waals surface area contributed by atoms with Crippen LogP contribution in [0, 0.1) is 0 Å². The van der Waals surface area contributed by atoms with E-state index < -0.39 is 11.7 Å². The SMILES string of the molecule is FC(F)(F)c1ccc(-c2ccc(CCc3ccccn3)cc2)cc1. The van der Waals surface area contributed by atoms with Crippen LogP contribution in [0.1, 0.15) is 16.8 Å². The average Bonchev–Trinajstić information content (AvgIpc) is 2.61. The number of rotatable bonds is 4. The van der Waals surface area contributed by atoms with Gasteiger partial charge in [0, 0.05) is 11.9 Å². The topological polar surface area (TPSA) is 12.9 Å². The van der Waals surface area contributed by atoms with Crippen molar-refractivity contribution in [1.82, 2.24) is 4.98 Å². The molecule has 0 unspecified atom stereocenters. The van der Waals surface area contributed by atoms with Gasteiger partial charge in [-0.25, -0.2) is 0 Å². The van der Waals surface area contributed by atoms with Gasteiger partial charge in [0.1, 0.15) is 0 Å². The van der Waals surface area contributed by atoms with Crippen molar-refractivity contribution in [3.8, 4) is 11.1 Å². The summed E-state index contributed by atoms with van der Waals surface area (Å²) in [6.07, 6.45) is -0.776. The Morgan fingerprint density at radius 3 is 1.88 bits per heavy atom. The molecule has 0 radical (unpaired) electrons. The van der Waals surface area contributed by atoms with Gasteiger partial charge in [-0.3, -0.25) is 4.98 Å². The summed E-state index contributed by atoms with van der Waals surface area (Å²) in [5, 5.41) is 0. The Hall–Kier alpha value is -2.62. The Kier molecular flexibility index (Phi) is 4.65. The second kappa shape index (κ2) is 6.87. The van der Waals surface area contributed by atoms with Gasteiger partial charge >= 0.3 is 6.18 Å². The first-order valence-electron chi connectivity index (χ1n) is 7.69. The van der Waals surface area contributed by atoms with Gasteiger partial charge in [-0.1, -0.05) is 42.5 Å². The molecule has 0 amide bonds. The number of alkyl halides is 3. The Morgan fingerprint density at radius 1 is 0.708 bits per heavy atom. The highest BCUT2D eigenvalue weighted by Crippen LogP contribution is 2.31. The summed E-state index contributed by atoms with van der Waals surface area (Å²) in [7, 11) is 0. The van der Waals surface area contributed by atoms with Crippen molar-refractivity contribution in [2.75, 3.05) is 0 Å². The van der Waals surface area contributed by atoms with Gasteiger partial charge in [-0.05, 0) is 53.8 Å². The fourth-order valence-corrected chi connectivity index (χ4v) is 2.53. The summed E-state index contributed by atoms with van der Waals surface area (Å²) in [4.78, 5) is 4.30. The number of aromatic nitrogens is 1. The predicted octanol–water partition coefficient (Wildman–Crippen LogP) is 5.55. The molecule has 2 aromatic carbocycles. The Labute approximate surface area is 138 Å². The number of pyridine rings is 1. The second-order valence-corrected chi connectivity index (χ2v) is 5.59. The third-order valence-electron chi connectivity index (χ3n) is 3.90. The normalized spacial score (nSPS) is 11.5. The highest BCUT2D eigenvalue weighted by molar-refractivity contribution is 5.64. The van der Waals surface area contributed by atoms with E-state index in [2.05, 4.69) is 4.98 Å². The molecule has 0 spiro atoms.